The number of hydrazine groups is 1. The number of amides is 1. The molecule has 1 amide bonds. The fourth-order valence-electron chi connectivity index (χ4n) is 2.98. The van der Waals surface area contributed by atoms with E-state index in [2.05, 4.69) is 24.3 Å². The van der Waals surface area contributed by atoms with Gasteiger partial charge in [0.05, 0.1) is 10.6 Å². The number of nitrogens with zero attached hydrogens (tertiary/aromatic N) is 2. The van der Waals surface area contributed by atoms with Gasteiger partial charge in [0.1, 0.15) is 0 Å². The highest BCUT2D eigenvalue weighted by Crippen LogP contribution is 2.38. The van der Waals surface area contributed by atoms with Crippen molar-refractivity contribution < 1.29 is 4.79 Å². The molecule has 1 aromatic heterocycles. The minimum Gasteiger partial charge on any atom is -0.339 e. The van der Waals surface area contributed by atoms with E-state index in [0.29, 0.717) is 21.8 Å². The Kier molecular flexibility index (Phi) is 5.06. The van der Waals surface area contributed by atoms with Gasteiger partial charge in [-0.2, -0.15) is 0 Å². The van der Waals surface area contributed by atoms with Crippen LogP contribution in [-0.2, 0) is 0 Å². The van der Waals surface area contributed by atoms with Gasteiger partial charge >= 0.3 is 0 Å². The Morgan fingerprint density at radius 2 is 2.05 bits per heavy atom. The maximum atomic E-state index is 12.5. The number of nitrogen functional groups attached to an aromatic ring is 1. The standard InChI is InChI=1S/C15H23ClN4O/c1-3-15(4-2)5-7-20(8-6-15)14(21)11-9-12(16)13(19-17)18-10-11/h9-10H,3-8,17H2,1-2H3,(H,18,19). The van der Waals surface area contributed by atoms with E-state index in [0.717, 1.165) is 25.9 Å². The summed E-state index contributed by atoms with van der Waals surface area (Å²) in [5.41, 5.74) is 3.32. The number of halogens is 1. The first-order chi connectivity index (χ1) is 10.0. The van der Waals surface area contributed by atoms with Gasteiger partial charge in [0.15, 0.2) is 5.82 Å². The molecule has 1 aromatic rings. The van der Waals surface area contributed by atoms with Crippen LogP contribution in [0.15, 0.2) is 12.3 Å². The average Bonchev–Trinajstić information content (AvgIpc) is 2.54. The summed E-state index contributed by atoms with van der Waals surface area (Å²) in [6.07, 6.45) is 6.00. The molecule has 21 heavy (non-hydrogen) atoms. The molecule has 0 bridgehead atoms. The van der Waals surface area contributed by atoms with Crippen LogP contribution in [0.25, 0.3) is 0 Å². The number of piperidine rings is 1. The van der Waals surface area contributed by atoms with Crippen molar-refractivity contribution in [3.63, 3.8) is 0 Å². The zero-order valence-corrected chi connectivity index (χ0v) is 13.4. The van der Waals surface area contributed by atoms with Crippen LogP contribution in [-0.4, -0.2) is 28.9 Å². The van der Waals surface area contributed by atoms with Crippen LogP contribution in [0, 0.1) is 5.41 Å². The highest BCUT2D eigenvalue weighted by Gasteiger charge is 2.33. The van der Waals surface area contributed by atoms with Gasteiger partial charge in [-0.15, -0.1) is 0 Å². The normalized spacial score (nSPS) is 17.6. The number of rotatable bonds is 4. The third kappa shape index (κ3) is 3.30. The molecular weight excluding hydrogens is 288 g/mol. The summed E-state index contributed by atoms with van der Waals surface area (Å²) in [6, 6.07) is 1.62. The van der Waals surface area contributed by atoms with Gasteiger partial charge in [0.25, 0.3) is 5.91 Å². The lowest BCUT2D eigenvalue weighted by atomic mass is 9.74. The Morgan fingerprint density at radius 1 is 1.43 bits per heavy atom. The summed E-state index contributed by atoms with van der Waals surface area (Å²) in [5.74, 6) is 5.66. The molecule has 5 nitrogen and oxygen atoms in total. The SMILES string of the molecule is CCC1(CC)CCN(C(=O)c2cnc(NN)c(Cl)c2)CC1. The van der Waals surface area contributed by atoms with Crippen LogP contribution < -0.4 is 11.3 Å². The summed E-state index contributed by atoms with van der Waals surface area (Å²) in [6.45, 7) is 6.08. The van der Waals surface area contributed by atoms with Crippen molar-refractivity contribution >= 4 is 23.3 Å². The fourth-order valence-corrected chi connectivity index (χ4v) is 3.21. The van der Waals surface area contributed by atoms with Crippen LogP contribution >= 0.6 is 11.6 Å². The molecule has 0 aliphatic carbocycles. The molecule has 6 heteroatoms. The number of hydrogen-bond acceptors (Lipinski definition) is 4. The van der Waals surface area contributed by atoms with Crippen molar-refractivity contribution in [3.8, 4) is 0 Å². The van der Waals surface area contributed by atoms with Crippen molar-refractivity contribution in [3.05, 3.63) is 22.8 Å². The maximum Gasteiger partial charge on any atom is 0.255 e. The lowest BCUT2D eigenvalue weighted by molar-refractivity contribution is 0.0557. The smallest absolute Gasteiger partial charge is 0.255 e. The molecule has 1 aliphatic rings. The Labute approximate surface area is 130 Å². The number of aromatic nitrogens is 1. The van der Waals surface area contributed by atoms with E-state index in [4.69, 9.17) is 17.4 Å². The van der Waals surface area contributed by atoms with Crippen molar-refractivity contribution in [2.45, 2.75) is 39.5 Å². The van der Waals surface area contributed by atoms with Crippen molar-refractivity contribution in [2.75, 3.05) is 18.5 Å². The number of nitrogens with one attached hydrogen (secondary N) is 1. The van der Waals surface area contributed by atoms with Crippen LogP contribution in [0.3, 0.4) is 0 Å². The van der Waals surface area contributed by atoms with Gasteiger partial charge < -0.3 is 10.3 Å². The predicted molar refractivity (Wildman–Crippen MR) is 85.2 cm³/mol. The van der Waals surface area contributed by atoms with E-state index in [1.165, 1.54) is 19.0 Å². The Morgan fingerprint density at radius 3 is 2.52 bits per heavy atom. The van der Waals surface area contributed by atoms with E-state index in [9.17, 15) is 4.79 Å². The van der Waals surface area contributed by atoms with Crippen molar-refractivity contribution in [1.82, 2.24) is 9.88 Å². The molecule has 3 N–H and O–H groups in total. The number of anilines is 1. The quantitative estimate of drug-likeness (QED) is 0.662. The van der Waals surface area contributed by atoms with Crippen LogP contribution in [0.1, 0.15) is 49.9 Å². The summed E-state index contributed by atoms with van der Waals surface area (Å²) in [4.78, 5) is 18.5. The summed E-state index contributed by atoms with van der Waals surface area (Å²) in [5, 5.41) is 0.358. The third-order valence-corrected chi connectivity index (χ3v) is 5.12. The van der Waals surface area contributed by atoms with E-state index in [-0.39, 0.29) is 5.91 Å². The molecule has 0 spiro atoms. The molecule has 1 aliphatic heterocycles. The molecule has 116 valence electrons. The van der Waals surface area contributed by atoms with Crippen LogP contribution in [0.5, 0.6) is 0 Å². The van der Waals surface area contributed by atoms with Gasteiger partial charge in [-0.3, -0.25) is 4.79 Å². The van der Waals surface area contributed by atoms with Gasteiger partial charge in [0.2, 0.25) is 0 Å². The number of carbonyl (C=O) groups excluding carboxylic acids is 1. The van der Waals surface area contributed by atoms with E-state index in [1.807, 2.05) is 4.90 Å². The second-order valence-electron chi connectivity index (χ2n) is 5.70. The highest BCUT2D eigenvalue weighted by atomic mass is 35.5. The molecule has 0 radical (unpaired) electrons. The minimum atomic E-state index is -0.00576. The third-order valence-electron chi connectivity index (χ3n) is 4.84. The average molecular weight is 311 g/mol. The number of hydrogen-bond donors (Lipinski definition) is 2. The lowest BCUT2D eigenvalue weighted by Crippen LogP contribution is -2.42. The van der Waals surface area contributed by atoms with Gasteiger partial charge in [0, 0.05) is 19.3 Å². The van der Waals surface area contributed by atoms with Crippen molar-refractivity contribution in [2.24, 2.45) is 11.3 Å². The van der Waals surface area contributed by atoms with E-state index in [1.54, 1.807) is 6.07 Å². The molecule has 1 saturated heterocycles. The van der Waals surface area contributed by atoms with Crippen LogP contribution in [0.4, 0.5) is 5.82 Å². The molecule has 0 saturated carbocycles. The van der Waals surface area contributed by atoms with Gasteiger partial charge in [-0.25, -0.2) is 10.8 Å². The number of pyridine rings is 1. The lowest BCUT2D eigenvalue weighted by Gasteiger charge is -2.41. The largest absolute Gasteiger partial charge is 0.339 e. The predicted octanol–water partition coefficient (Wildman–Crippen LogP) is 3.06. The first-order valence-corrected chi connectivity index (χ1v) is 7.84. The zero-order chi connectivity index (χ0) is 15.5. The fraction of sp³-hybridized carbons (Fsp3) is 0.600. The zero-order valence-electron chi connectivity index (χ0n) is 12.7. The molecule has 0 aromatic carbocycles. The summed E-state index contributed by atoms with van der Waals surface area (Å²) < 4.78 is 0. The molecular formula is C15H23ClN4O. The number of carbonyl (C=O) groups is 1. The van der Waals surface area contributed by atoms with Gasteiger partial charge in [-0.05, 0) is 24.3 Å². The molecule has 1 fully saturated rings. The monoisotopic (exact) mass is 310 g/mol. The van der Waals surface area contributed by atoms with Gasteiger partial charge in [-0.1, -0.05) is 38.3 Å². The second-order valence-corrected chi connectivity index (χ2v) is 6.11. The first-order valence-electron chi connectivity index (χ1n) is 7.46. The van der Waals surface area contributed by atoms with Crippen LogP contribution in [0.2, 0.25) is 5.02 Å². The molecule has 0 atom stereocenters. The summed E-state index contributed by atoms with van der Waals surface area (Å²) >= 11 is 6.03. The minimum absolute atomic E-state index is 0.00576. The Bertz CT molecular complexity index is 506. The first kappa shape index (κ1) is 16.0. The van der Waals surface area contributed by atoms with E-state index < -0.39 is 0 Å². The molecule has 2 rings (SSSR count). The number of likely N-dealkylation sites (tertiary alicyclic amines) is 1. The summed E-state index contributed by atoms with van der Waals surface area (Å²) in [7, 11) is 0. The maximum absolute atomic E-state index is 12.5. The highest BCUT2D eigenvalue weighted by molar-refractivity contribution is 6.33. The Hall–Kier alpha value is -1.33. The Balaban J connectivity index is 2.07. The molecule has 0 unspecified atom stereocenters. The second kappa shape index (κ2) is 6.62. The number of nitrogens with two attached hydrogens (primary N) is 1. The topological polar surface area (TPSA) is 71.2 Å². The van der Waals surface area contributed by atoms with E-state index >= 15 is 0 Å². The van der Waals surface area contributed by atoms with Crippen molar-refractivity contribution in [1.29, 1.82) is 0 Å². The molecule has 2 heterocycles.